The highest BCUT2D eigenvalue weighted by molar-refractivity contribution is 7.13. The molecule has 1 fully saturated rings. The van der Waals surface area contributed by atoms with E-state index in [1.54, 1.807) is 11.3 Å². The highest BCUT2D eigenvalue weighted by Gasteiger charge is 2.14. The lowest BCUT2D eigenvalue weighted by molar-refractivity contribution is -0.115. The summed E-state index contributed by atoms with van der Waals surface area (Å²) in [5.41, 5.74) is 6.39. The first-order valence-corrected chi connectivity index (χ1v) is 11.7. The molecule has 0 spiro atoms. The van der Waals surface area contributed by atoms with Gasteiger partial charge in [0.25, 0.3) is 0 Å². The molecule has 162 valence electrons. The summed E-state index contributed by atoms with van der Waals surface area (Å²) in [4.78, 5) is 22.1. The van der Waals surface area contributed by atoms with Crippen LogP contribution >= 0.6 is 11.3 Å². The van der Waals surface area contributed by atoms with Gasteiger partial charge in [0, 0.05) is 49.4 Å². The van der Waals surface area contributed by atoms with Crippen LogP contribution in [0, 0.1) is 13.8 Å². The van der Waals surface area contributed by atoms with Gasteiger partial charge in [0.15, 0.2) is 0 Å². The van der Waals surface area contributed by atoms with E-state index >= 15 is 0 Å². The molecule has 0 radical (unpaired) electrons. The second-order valence-electron chi connectivity index (χ2n) is 8.39. The van der Waals surface area contributed by atoms with E-state index in [0.29, 0.717) is 0 Å². The molecule has 1 N–H and O–H groups in total. The minimum atomic E-state index is -0.0342. The Kier molecular flexibility index (Phi) is 6.80. The molecule has 4 rings (SSSR count). The first-order chi connectivity index (χ1) is 15.0. The van der Waals surface area contributed by atoms with Gasteiger partial charge in [-0.15, -0.1) is 11.3 Å². The molecule has 2 heterocycles. The van der Waals surface area contributed by atoms with E-state index in [1.807, 2.05) is 37.4 Å². The first kappa shape index (κ1) is 21.7. The number of aromatic nitrogens is 1. The maximum Gasteiger partial charge on any atom is 0.230 e. The van der Waals surface area contributed by atoms with Crippen molar-refractivity contribution in [1.82, 2.24) is 14.8 Å². The summed E-state index contributed by atoms with van der Waals surface area (Å²) in [6, 6.07) is 14.6. The highest BCUT2D eigenvalue weighted by atomic mass is 32.1. The third-order valence-electron chi connectivity index (χ3n) is 5.98. The Morgan fingerprint density at radius 3 is 2.55 bits per heavy atom. The van der Waals surface area contributed by atoms with Crippen molar-refractivity contribution in [3.05, 3.63) is 70.2 Å². The van der Waals surface area contributed by atoms with Gasteiger partial charge in [0.2, 0.25) is 5.91 Å². The minimum Gasteiger partial charge on any atom is -0.325 e. The SMILES string of the molecule is Cc1cccc(NC(=O)Cc2csc(-c3ccc(CN4CCN(C)CC4)cc3)n2)c1C. The molecule has 0 aliphatic carbocycles. The van der Waals surface area contributed by atoms with E-state index < -0.39 is 0 Å². The van der Waals surface area contributed by atoms with Gasteiger partial charge in [-0.2, -0.15) is 0 Å². The summed E-state index contributed by atoms with van der Waals surface area (Å²) < 4.78 is 0. The fourth-order valence-corrected chi connectivity index (χ4v) is 4.61. The Balaban J connectivity index is 1.35. The van der Waals surface area contributed by atoms with E-state index in [-0.39, 0.29) is 12.3 Å². The Hall–Kier alpha value is -2.54. The van der Waals surface area contributed by atoms with Gasteiger partial charge in [0.1, 0.15) is 5.01 Å². The van der Waals surface area contributed by atoms with E-state index in [2.05, 4.69) is 46.4 Å². The highest BCUT2D eigenvalue weighted by Crippen LogP contribution is 2.25. The molecular weight excluding hydrogens is 404 g/mol. The first-order valence-electron chi connectivity index (χ1n) is 10.8. The Bertz CT molecular complexity index is 1040. The molecule has 0 atom stereocenters. The van der Waals surface area contributed by atoms with Crippen LogP contribution in [0.15, 0.2) is 47.8 Å². The molecule has 1 aliphatic rings. The molecule has 1 saturated heterocycles. The standard InChI is InChI=1S/C25H30N4OS/c1-18-5-4-6-23(19(18)2)27-24(30)15-22-17-31-25(26-22)21-9-7-20(8-10-21)16-29-13-11-28(3)12-14-29/h4-10,17H,11-16H2,1-3H3,(H,27,30). The van der Waals surface area contributed by atoms with Crippen LogP contribution in [0.2, 0.25) is 0 Å². The number of nitrogens with zero attached hydrogens (tertiary/aromatic N) is 3. The number of nitrogens with one attached hydrogen (secondary N) is 1. The Morgan fingerprint density at radius 1 is 1.06 bits per heavy atom. The van der Waals surface area contributed by atoms with Crippen molar-refractivity contribution in [3.63, 3.8) is 0 Å². The summed E-state index contributed by atoms with van der Waals surface area (Å²) in [5, 5.41) is 5.96. The maximum atomic E-state index is 12.5. The van der Waals surface area contributed by atoms with E-state index in [0.717, 1.165) is 60.2 Å². The molecule has 5 nitrogen and oxygen atoms in total. The molecule has 0 saturated carbocycles. The number of likely N-dealkylation sites (N-methyl/N-ethyl adjacent to an activating group) is 1. The summed E-state index contributed by atoms with van der Waals surface area (Å²) >= 11 is 1.59. The average molecular weight is 435 g/mol. The molecule has 0 unspecified atom stereocenters. The number of carbonyl (C=O) groups is 1. The summed E-state index contributed by atoms with van der Waals surface area (Å²) in [6.07, 6.45) is 0.283. The molecule has 6 heteroatoms. The lowest BCUT2D eigenvalue weighted by Crippen LogP contribution is -2.43. The van der Waals surface area contributed by atoms with Crippen molar-refractivity contribution in [1.29, 1.82) is 0 Å². The number of piperazine rings is 1. The molecule has 1 aromatic heterocycles. The number of rotatable bonds is 6. The van der Waals surface area contributed by atoms with Crippen LogP contribution in [0.25, 0.3) is 10.6 Å². The zero-order valence-corrected chi connectivity index (χ0v) is 19.3. The largest absolute Gasteiger partial charge is 0.325 e. The van der Waals surface area contributed by atoms with Gasteiger partial charge in [-0.1, -0.05) is 36.4 Å². The molecule has 0 bridgehead atoms. The van der Waals surface area contributed by atoms with Crippen LogP contribution in [0.5, 0.6) is 0 Å². The molecule has 1 aliphatic heterocycles. The van der Waals surface area contributed by atoms with Crippen LogP contribution in [-0.2, 0) is 17.8 Å². The fourth-order valence-electron chi connectivity index (χ4n) is 3.78. The normalized spacial score (nSPS) is 15.2. The second-order valence-corrected chi connectivity index (χ2v) is 9.25. The quantitative estimate of drug-likeness (QED) is 0.626. The summed E-state index contributed by atoms with van der Waals surface area (Å²) in [5.74, 6) is -0.0342. The number of aryl methyl sites for hydroxylation is 1. The van der Waals surface area contributed by atoms with Crippen molar-refractivity contribution in [2.45, 2.75) is 26.8 Å². The number of hydrogen-bond acceptors (Lipinski definition) is 5. The van der Waals surface area contributed by atoms with Crippen molar-refractivity contribution >= 4 is 22.9 Å². The minimum absolute atomic E-state index is 0.0342. The van der Waals surface area contributed by atoms with Crippen LogP contribution in [-0.4, -0.2) is 53.9 Å². The lowest BCUT2D eigenvalue weighted by atomic mass is 10.1. The predicted molar refractivity (Wildman–Crippen MR) is 129 cm³/mol. The van der Waals surface area contributed by atoms with Crippen molar-refractivity contribution in [2.75, 3.05) is 38.5 Å². The molecule has 31 heavy (non-hydrogen) atoms. The van der Waals surface area contributed by atoms with Gasteiger partial charge in [-0.3, -0.25) is 9.69 Å². The Labute approximate surface area is 188 Å². The molecule has 1 amide bonds. The smallest absolute Gasteiger partial charge is 0.230 e. The van der Waals surface area contributed by atoms with Gasteiger partial charge in [-0.25, -0.2) is 4.98 Å². The van der Waals surface area contributed by atoms with Crippen molar-refractivity contribution in [3.8, 4) is 10.6 Å². The van der Waals surface area contributed by atoms with E-state index in [9.17, 15) is 4.79 Å². The van der Waals surface area contributed by atoms with E-state index in [1.165, 1.54) is 11.1 Å². The van der Waals surface area contributed by atoms with Crippen molar-refractivity contribution in [2.24, 2.45) is 0 Å². The summed E-state index contributed by atoms with van der Waals surface area (Å²) in [6.45, 7) is 9.59. The van der Waals surface area contributed by atoms with Crippen LogP contribution in [0.3, 0.4) is 0 Å². The second kappa shape index (κ2) is 9.73. The van der Waals surface area contributed by atoms with Crippen LogP contribution in [0.1, 0.15) is 22.4 Å². The van der Waals surface area contributed by atoms with Gasteiger partial charge in [-0.05, 0) is 43.7 Å². The maximum absolute atomic E-state index is 12.5. The number of amides is 1. The lowest BCUT2D eigenvalue weighted by Gasteiger charge is -2.32. The monoisotopic (exact) mass is 434 g/mol. The average Bonchev–Trinajstić information content (AvgIpc) is 3.22. The number of carbonyl (C=O) groups excluding carboxylic acids is 1. The molecular formula is C25H30N4OS. The number of thiazole rings is 1. The summed E-state index contributed by atoms with van der Waals surface area (Å²) in [7, 11) is 2.18. The van der Waals surface area contributed by atoms with Crippen LogP contribution in [0.4, 0.5) is 5.69 Å². The molecule has 2 aromatic carbocycles. The number of hydrogen-bond donors (Lipinski definition) is 1. The third kappa shape index (κ3) is 5.58. The Morgan fingerprint density at radius 2 is 1.81 bits per heavy atom. The predicted octanol–water partition coefficient (Wildman–Crippen LogP) is 4.36. The fraction of sp³-hybridized carbons (Fsp3) is 0.360. The number of benzene rings is 2. The zero-order chi connectivity index (χ0) is 21.8. The van der Waals surface area contributed by atoms with Gasteiger partial charge in [0.05, 0.1) is 12.1 Å². The van der Waals surface area contributed by atoms with Crippen molar-refractivity contribution < 1.29 is 4.79 Å². The van der Waals surface area contributed by atoms with E-state index in [4.69, 9.17) is 4.98 Å². The number of anilines is 1. The van der Waals surface area contributed by atoms with Gasteiger partial charge >= 0.3 is 0 Å². The van der Waals surface area contributed by atoms with Crippen LogP contribution < -0.4 is 5.32 Å². The topological polar surface area (TPSA) is 48.5 Å². The van der Waals surface area contributed by atoms with Gasteiger partial charge < -0.3 is 10.2 Å². The third-order valence-corrected chi connectivity index (χ3v) is 6.92. The zero-order valence-electron chi connectivity index (χ0n) is 18.5. The molecule has 3 aromatic rings.